The zero-order chi connectivity index (χ0) is 29.1. The van der Waals surface area contributed by atoms with Crippen molar-refractivity contribution in [1.82, 2.24) is 15.4 Å². The van der Waals surface area contributed by atoms with Gasteiger partial charge in [-0.2, -0.15) is 31.1 Å². The second-order valence-electron chi connectivity index (χ2n) is 10.4. The van der Waals surface area contributed by atoms with Crippen molar-refractivity contribution < 1.29 is 39.6 Å². The number of aryl methyl sites for hydroxylation is 1. The van der Waals surface area contributed by atoms with Gasteiger partial charge in [0.2, 0.25) is 15.9 Å². The van der Waals surface area contributed by atoms with Crippen LogP contribution in [0.4, 0.5) is 26.3 Å². The molecule has 0 aromatic heterocycles. The van der Waals surface area contributed by atoms with Crippen LogP contribution in [0.5, 0.6) is 0 Å². The summed E-state index contributed by atoms with van der Waals surface area (Å²) in [5.74, 6) is -1.03. The monoisotopic (exact) mass is 591 g/mol. The predicted octanol–water partition coefficient (Wildman–Crippen LogP) is 5.53. The largest absolute Gasteiger partial charge is 0.416 e. The van der Waals surface area contributed by atoms with Gasteiger partial charge in [-0.05, 0) is 67.0 Å². The molecule has 1 fully saturated rings. The summed E-state index contributed by atoms with van der Waals surface area (Å²) in [6.07, 6.45) is -4.63. The second-order valence-corrected chi connectivity index (χ2v) is 12.1. The van der Waals surface area contributed by atoms with Crippen LogP contribution in [-0.2, 0) is 34.0 Å². The molecule has 0 heterocycles. The first-order valence-corrected chi connectivity index (χ1v) is 14.6. The quantitative estimate of drug-likeness (QED) is 0.335. The Morgan fingerprint density at radius 3 is 2.35 bits per heavy atom. The van der Waals surface area contributed by atoms with Crippen molar-refractivity contribution in [2.75, 3.05) is 0 Å². The van der Waals surface area contributed by atoms with Gasteiger partial charge >= 0.3 is 12.4 Å². The van der Waals surface area contributed by atoms with Crippen molar-refractivity contribution in [2.45, 2.75) is 93.3 Å². The Balaban J connectivity index is 1.43. The molecule has 220 valence electrons. The third-order valence-corrected chi connectivity index (χ3v) is 8.83. The lowest BCUT2D eigenvalue weighted by atomic mass is 9.86. The zero-order valence-electron chi connectivity index (χ0n) is 21.5. The first kappa shape index (κ1) is 30.3. The van der Waals surface area contributed by atoms with E-state index in [4.69, 9.17) is 0 Å². The molecule has 0 bridgehead atoms. The average molecular weight is 592 g/mol. The van der Waals surface area contributed by atoms with Crippen LogP contribution in [0.1, 0.15) is 73.2 Å². The molecule has 6 nitrogen and oxygen atoms in total. The molecule has 1 amide bonds. The van der Waals surface area contributed by atoms with Crippen LogP contribution in [0.2, 0.25) is 0 Å². The Bertz CT molecular complexity index is 1310. The minimum absolute atomic E-state index is 0.242. The summed E-state index contributed by atoms with van der Waals surface area (Å²) in [4.78, 5) is 11.7. The van der Waals surface area contributed by atoms with Gasteiger partial charge in [-0.1, -0.05) is 37.1 Å². The number of nitrogens with one attached hydrogen (secondary N) is 3. The molecule has 0 spiro atoms. The summed E-state index contributed by atoms with van der Waals surface area (Å²) < 4.78 is 107. The molecule has 40 heavy (non-hydrogen) atoms. The number of benzene rings is 2. The molecule has 2 aliphatic rings. The summed E-state index contributed by atoms with van der Waals surface area (Å²) in [6, 6.07) is 5.33. The number of hydrogen-bond acceptors (Lipinski definition) is 4. The first-order valence-electron chi connectivity index (χ1n) is 13.1. The van der Waals surface area contributed by atoms with Crippen LogP contribution >= 0.6 is 0 Å². The maximum atomic E-state index is 13.7. The van der Waals surface area contributed by atoms with Gasteiger partial charge < -0.3 is 10.6 Å². The molecule has 0 saturated heterocycles. The third kappa shape index (κ3) is 7.76. The summed E-state index contributed by atoms with van der Waals surface area (Å²) in [5, 5.41) is 6.13. The minimum Gasteiger partial charge on any atom is -0.349 e. The molecule has 3 N–H and O–H groups in total. The van der Waals surface area contributed by atoms with Crippen molar-refractivity contribution in [3.63, 3.8) is 0 Å². The number of alkyl halides is 6. The lowest BCUT2D eigenvalue weighted by Crippen LogP contribution is -2.48. The highest BCUT2D eigenvalue weighted by Gasteiger charge is 2.44. The fourth-order valence-electron chi connectivity index (χ4n) is 5.28. The van der Waals surface area contributed by atoms with E-state index >= 15 is 0 Å². The summed E-state index contributed by atoms with van der Waals surface area (Å²) >= 11 is 0. The molecule has 2 atom stereocenters. The number of hydrogen-bond donors (Lipinski definition) is 3. The Morgan fingerprint density at radius 2 is 1.68 bits per heavy atom. The number of halogens is 6. The number of fused-ring (bicyclic) bond motifs is 1. The first-order chi connectivity index (χ1) is 18.7. The molecule has 13 heteroatoms. The summed E-state index contributed by atoms with van der Waals surface area (Å²) in [7, 11) is -5.03. The SMILES string of the molecule is O=C(C[C@H](NS(=O)(=O)c1cccc(C(F)(F)F)c1)C(F)(F)F)N[C@@H]1CCCc2cc(CNC3CCCC3)ccc21. The summed E-state index contributed by atoms with van der Waals surface area (Å²) in [5.41, 5.74) is 1.56. The molecule has 2 aliphatic carbocycles. The lowest BCUT2D eigenvalue weighted by Gasteiger charge is -2.28. The van der Waals surface area contributed by atoms with E-state index in [9.17, 15) is 39.6 Å². The number of sulfonamides is 1. The zero-order valence-corrected chi connectivity index (χ0v) is 22.4. The normalized spacial score (nSPS) is 19.3. The van der Waals surface area contributed by atoms with Crippen molar-refractivity contribution in [1.29, 1.82) is 0 Å². The molecular formula is C27H31F6N3O3S. The van der Waals surface area contributed by atoms with Gasteiger partial charge in [0.05, 0.1) is 22.9 Å². The van der Waals surface area contributed by atoms with Gasteiger partial charge in [-0.15, -0.1) is 0 Å². The van der Waals surface area contributed by atoms with Crippen LogP contribution < -0.4 is 15.4 Å². The van der Waals surface area contributed by atoms with Gasteiger partial charge in [0.25, 0.3) is 0 Å². The number of carbonyl (C=O) groups excluding carboxylic acids is 1. The van der Waals surface area contributed by atoms with Gasteiger partial charge in [0.1, 0.15) is 6.04 Å². The topological polar surface area (TPSA) is 87.3 Å². The van der Waals surface area contributed by atoms with E-state index in [1.807, 2.05) is 18.2 Å². The highest BCUT2D eigenvalue weighted by atomic mass is 32.2. The van der Waals surface area contributed by atoms with Crippen molar-refractivity contribution in [3.05, 3.63) is 64.7 Å². The predicted molar refractivity (Wildman–Crippen MR) is 136 cm³/mol. The molecule has 0 radical (unpaired) electrons. The smallest absolute Gasteiger partial charge is 0.349 e. The number of carbonyl (C=O) groups is 1. The average Bonchev–Trinajstić information content (AvgIpc) is 3.40. The van der Waals surface area contributed by atoms with Crippen LogP contribution in [0, 0.1) is 0 Å². The third-order valence-electron chi connectivity index (χ3n) is 7.36. The summed E-state index contributed by atoms with van der Waals surface area (Å²) in [6.45, 7) is 0.703. The van der Waals surface area contributed by atoms with Gasteiger partial charge in [0, 0.05) is 12.6 Å². The maximum absolute atomic E-state index is 13.7. The molecule has 2 aromatic rings. The molecule has 0 aliphatic heterocycles. The van der Waals surface area contributed by atoms with E-state index in [0.29, 0.717) is 31.5 Å². The van der Waals surface area contributed by atoms with Crippen LogP contribution in [0.25, 0.3) is 0 Å². The standard InChI is InChI=1S/C27H31F6N3O3S/c28-26(29,30)19-6-4-9-21(14-19)40(38,39)36-24(27(31,32)33)15-25(37)35-23-10-3-5-18-13-17(11-12-22(18)23)16-34-20-7-1-2-8-20/h4,6,9,11-14,20,23-24,34,36H,1-3,5,7-8,10,15-16H2,(H,35,37)/t23-,24+/m1/s1. The Hall–Kier alpha value is -2.64. The number of amides is 1. The Morgan fingerprint density at radius 1 is 0.950 bits per heavy atom. The molecule has 2 aromatic carbocycles. The molecule has 0 unspecified atom stereocenters. The fraction of sp³-hybridized carbons (Fsp3) is 0.519. The van der Waals surface area contributed by atoms with E-state index in [-0.39, 0.29) is 6.07 Å². The fourth-order valence-corrected chi connectivity index (χ4v) is 6.54. The van der Waals surface area contributed by atoms with Crippen LogP contribution in [-0.4, -0.2) is 32.6 Å². The number of rotatable bonds is 9. The van der Waals surface area contributed by atoms with Crippen molar-refractivity contribution in [3.8, 4) is 0 Å². The van der Waals surface area contributed by atoms with E-state index in [1.54, 1.807) is 0 Å². The van der Waals surface area contributed by atoms with E-state index in [2.05, 4.69) is 10.6 Å². The van der Waals surface area contributed by atoms with Crippen LogP contribution in [0.3, 0.4) is 0 Å². The van der Waals surface area contributed by atoms with Crippen molar-refractivity contribution in [2.24, 2.45) is 0 Å². The molecule has 4 rings (SSSR count). The highest BCUT2D eigenvalue weighted by Crippen LogP contribution is 2.33. The lowest BCUT2D eigenvalue weighted by molar-refractivity contribution is -0.158. The van der Waals surface area contributed by atoms with E-state index in [1.165, 1.54) is 17.6 Å². The highest BCUT2D eigenvalue weighted by molar-refractivity contribution is 7.89. The van der Waals surface area contributed by atoms with E-state index in [0.717, 1.165) is 48.1 Å². The van der Waals surface area contributed by atoms with Gasteiger partial charge in [-0.25, -0.2) is 8.42 Å². The second kappa shape index (κ2) is 12.1. The van der Waals surface area contributed by atoms with Gasteiger partial charge in [-0.3, -0.25) is 4.79 Å². The minimum atomic E-state index is -5.17. The molecular weight excluding hydrogens is 560 g/mol. The Kier molecular flexibility index (Phi) is 9.15. The van der Waals surface area contributed by atoms with Crippen LogP contribution in [0.15, 0.2) is 47.4 Å². The van der Waals surface area contributed by atoms with Crippen molar-refractivity contribution >= 4 is 15.9 Å². The van der Waals surface area contributed by atoms with E-state index < -0.39 is 57.2 Å². The maximum Gasteiger partial charge on any atom is 0.416 e. The molecule has 1 saturated carbocycles. The Labute approximate surface area is 229 Å². The van der Waals surface area contributed by atoms with Gasteiger partial charge in [0.15, 0.2) is 0 Å².